The Morgan fingerprint density at radius 2 is 2.22 bits per heavy atom. The molecule has 1 fully saturated rings. The van der Waals surface area contributed by atoms with Crippen LogP contribution in [0.25, 0.3) is 0 Å². The first kappa shape index (κ1) is 15.0. The Hall–Kier alpha value is -2.88. The molecule has 0 saturated carbocycles. The quantitative estimate of drug-likeness (QED) is 0.859. The molecule has 0 spiro atoms. The van der Waals surface area contributed by atoms with E-state index in [1.807, 2.05) is 13.0 Å². The third kappa shape index (κ3) is 3.01. The lowest BCUT2D eigenvalue weighted by Crippen LogP contribution is -2.31. The van der Waals surface area contributed by atoms with Gasteiger partial charge in [-0.05, 0) is 19.9 Å². The van der Waals surface area contributed by atoms with Crippen molar-refractivity contribution in [1.82, 2.24) is 14.9 Å². The number of amides is 1. The van der Waals surface area contributed by atoms with Crippen LogP contribution in [-0.2, 0) is 0 Å². The summed E-state index contributed by atoms with van der Waals surface area (Å²) in [4.78, 5) is 22.2. The molecule has 1 aliphatic rings. The fourth-order valence-corrected chi connectivity index (χ4v) is 2.67. The number of hydrogen-bond donors (Lipinski definition) is 0. The lowest BCUT2D eigenvalue weighted by Gasteiger charge is -2.16. The van der Waals surface area contributed by atoms with Crippen molar-refractivity contribution >= 4 is 5.91 Å². The van der Waals surface area contributed by atoms with E-state index in [1.165, 1.54) is 12.4 Å². The van der Waals surface area contributed by atoms with Crippen molar-refractivity contribution in [2.24, 2.45) is 0 Å². The van der Waals surface area contributed by atoms with E-state index in [4.69, 9.17) is 14.4 Å². The molecule has 7 nitrogen and oxygen atoms in total. The van der Waals surface area contributed by atoms with Gasteiger partial charge in [0.2, 0.25) is 5.69 Å². The van der Waals surface area contributed by atoms with Crippen molar-refractivity contribution in [2.45, 2.75) is 26.4 Å². The summed E-state index contributed by atoms with van der Waals surface area (Å²) in [5.41, 5.74) is 0.735. The maximum atomic E-state index is 12.5. The Morgan fingerprint density at radius 1 is 1.43 bits per heavy atom. The van der Waals surface area contributed by atoms with Crippen LogP contribution in [0.4, 0.5) is 0 Å². The minimum Gasteiger partial charge on any atom is -0.470 e. The van der Waals surface area contributed by atoms with Crippen LogP contribution < -0.4 is 4.74 Å². The molecule has 0 N–H and O–H groups in total. The molecule has 3 heterocycles. The van der Waals surface area contributed by atoms with E-state index in [9.17, 15) is 4.79 Å². The summed E-state index contributed by atoms with van der Waals surface area (Å²) < 4.78 is 11.2. The first-order valence-corrected chi connectivity index (χ1v) is 7.32. The van der Waals surface area contributed by atoms with E-state index in [0.717, 1.165) is 5.76 Å². The number of ether oxygens (including phenoxy) is 1. The summed E-state index contributed by atoms with van der Waals surface area (Å²) >= 11 is 0. The fourth-order valence-electron chi connectivity index (χ4n) is 2.67. The normalized spacial score (nSPS) is 17.1. The molecular formula is C16H16N4O3. The van der Waals surface area contributed by atoms with Gasteiger partial charge in [0.05, 0.1) is 12.1 Å². The predicted molar refractivity (Wildman–Crippen MR) is 79.9 cm³/mol. The minimum absolute atomic E-state index is 0.0647. The summed E-state index contributed by atoms with van der Waals surface area (Å²) in [6.45, 7) is 4.64. The van der Waals surface area contributed by atoms with Gasteiger partial charge in [-0.3, -0.25) is 4.79 Å². The molecule has 1 aliphatic heterocycles. The number of nitriles is 1. The first-order chi connectivity index (χ1) is 11.1. The van der Waals surface area contributed by atoms with E-state index in [2.05, 4.69) is 9.97 Å². The van der Waals surface area contributed by atoms with E-state index >= 15 is 0 Å². The number of rotatable bonds is 3. The highest BCUT2D eigenvalue weighted by molar-refractivity contribution is 5.95. The van der Waals surface area contributed by atoms with Gasteiger partial charge in [0, 0.05) is 25.4 Å². The molecule has 0 aromatic carbocycles. The molecular weight excluding hydrogens is 296 g/mol. The number of aromatic nitrogens is 2. The number of furan rings is 1. The second kappa shape index (κ2) is 6.08. The molecule has 2 aromatic heterocycles. The molecule has 1 unspecified atom stereocenters. The van der Waals surface area contributed by atoms with Crippen LogP contribution in [0.3, 0.4) is 0 Å². The average Bonchev–Trinajstić information content (AvgIpc) is 3.13. The number of aryl methyl sites for hydroxylation is 2. The second-order valence-electron chi connectivity index (χ2n) is 5.43. The highest BCUT2D eigenvalue weighted by atomic mass is 16.5. The van der Waals surface area contributed by atoms with E-state index in [0.29, 0.717) is 30.8 Å². The van der Waals surface area contributed by atoms with Gasteiger partial charge in [-0.15, -0.1) is 0 Å². The SMILES string of the molecule is Cc1cc(C(=O)N2CCC(Oc3nccnc3C#N)C2)c(C)o1. The van der Waals surface area contributed by atoms with Crippen molar-refractivity contribution in [3.8, 4) is 11.9 Å². The van der Waals surface area contributed by atoms with Crippen molar-refractivity contribution in [2.75, 3.05) is 13.1 Å². The molecule has 2 aromatic rings. The standard InChI is InChI=1S/C16H16N4O3/c1-10-7-13(11(2)22-10)16(21)20-6-3-12(9-20)23-15-14(8-17)18-4-5-19-15/h4-5,7,12H,3,6,9H2,1-2H3. The Morgan fingerprint density at radius 3 is 2.91 bits per heavy atom. The maximum Gasteiger partial charge on any atom is 0.257 e. The number of carbonyl (C=O) groups excluding carboxylic acids is 1. The third-order valence-electron chi connectivity index (χ3n) is 3.75. The summed E-state index contributed by atoms with van der Waals surface area (Å²) in [6.07, 6.45) is 3.41. The van der Waals surface area contributed by atoms with E-state index in [-0.39, 0.29) is 23.6 Å². The summed E-state index contributed by atoms with van der Waals surface area (Å²) in [6, 6.07) is 3.70. The Balaban J connectivity index is 1.68. The first-order valence-electron chi connectivity index (χ1n) is 7.32. The van der Waals surface area contributed by atoms with Crippen LogP contribution in [0, 0.1) is 25.2 Å². The predicted octanol–water partition coefficient (Wildman–Crippen LogP) is 1.85. The largest absolute Gasteiger partial charge is 0.470 e. The zero-order valence-corrected chi connectivity index (χ0v) is 12.9. The monoisotopic (exact) mass is 312 g/mol. The van der Waals surface area contributed by atoms with Crippen LogP contribution >= 0.6 is 0 Å². The second-order valence-corrected chi connectivity index (χ2v) is 5.43. The highest BCUT2D eigenvalue weighted by Crippen LogP contribution is 2.22. The van der Waals surface area contributed by atoms with Crippen molar-refractivity contribution in [1.29, 1.82) is 5.26 Å². The average molecular weight is 312 g/mol. The third-order valence-corrected chi connectivity index (χ3v) is 3.75. The number of hydrogen-bond acceptors (Lipinski definition) is 6. The number of nitrogens with zero attached hydrogens (tertiary/aromatic N) is 4. The van der Waals surface area contributed by atoms with Gasteiger partial charge in [-0.25, -0.2) is 9.97 Å². The van der Waals surface area contributed by atoms with Gasteiger partial charge in [-0.1, -0.05) is 0 Å². The van der Waals surface area contributed by atoms with Gasteiger partial charge in [0.1, 0.15) is 23.7 Å². The van der Waals surface area contributed by atoms with Crippen LogP contribution in [-0.4, -0.2) is 40.0 Å². The van der Waals surface area contributed by atoms with Crippen molar-refractivity contribution < 1.29 is 13.9 Å². The minimum atomic E-state index is -0.198. The van der Waals surface area contributed by atoms with Crippen LogP contribution in [0.1, 0.15) is 34.0 Å². The summed E-state index contributed by atoms with van der Waals surface area (Å²) in [7, 11) is 0. The summed E-state index contributed by atoms with van der Waals surface area (Å²) in [5.74, 6) is 1.49. The van der Waals surface area contributed by atoms with E-state index in [1.54, 1.807) is 17.9 Å². The van der Waals surface area contributed by atoms with Crippen molar-refractivity contribution in [3.63, 3.8) is 0 Å². The lowest BCUT2D eigenvalue weighted by atomic mass is 10.2. The molecule has 3 rings (SSSR count). The molecule has 7 heteroatoms. The number of likely N-dealkylation sites (tertiary alicyclic amines) is 1. The van der Waals surface area contributed by atoms with E-state index < -0.39 is 0 Å². The molecule has 0 radical (unpaired) electrons. The Labute approximate surface area is 133 Å². The fraction of sp³-hybridized carbons (Fsp3) is 0.375. The Kier molecular flexibility index (Phi) is 3.98. The van der Waals surface area contributed by atoms with Gasteiger partial charge >= 0.3 is 0 Å². The van der Waals surface area contributed by atoms with Crippen LogP contribution in [0.2, 0.25) is 0 Å². The highest BCUT2D eigenvalue weighted by Gasteiger charge is 2.30. The molecule has 0 bridgehead atoms. The maximum absolute atomic E-state index is 12.5. The van der Waals surface area contributed by atoms with Crippen LogP contribution in [0.15, 0.2) is 22.9 Å². The molecule has 23 heavy (non-hydrogen) atoms. The smallest absolute Gasteiger partial charge is 0.257 e. The number of carbonyl (C=O) groups is 1. The zero-order chi connectivity index (χ0) is 16.4. The molecule has 1 atom stereocenters. The molecule has 1 amide bonds. The lowest BCUT2D eigenvalue weighted by molar-refractivity contribution is 0.0769. The zero-order valence-electron chi connectivity index (χ0n) is 12.9. The Bertz CT molecular complexity index is 778. The topological polar surface area (TPSA) is 92.3 Å². The van der Waals surface area contributed by atoms with Gasteiger partial charge < -0.3 is 14.1 Å². The molecule has 118 valence electrons. The summed E-state index contributed by atoms with van der Waals surface area (Å²) in [5, 5.41) is 9.01. The van der Waals surface area contributed by atoms with Crippen molar-refractivity contribution in [3.05, 3.63) is 41.2 Å². The van der Waals surface area contributed by atoms with Crippen LogP contribution in [0.5, 0.6) is 5.88 Å². The van der Waals surface area contributed by atoms with Gasteiger partial charge in [0.25, 0.3) is 11.8 Å². The molecule has 1 saturated heterocycles. The van der Waals surface area contributed by atoms with Gasteiger partial charge in [-0.2, -0.15) is 5.26 Å². The van der Waals surface area contributed by atoms with Gasteiger partial charge in [0.15, 0.2) is 0 Å². The molecule has 0 aliphatic carbocycles.